The van der Waals surface area contributed by atoms with Gasteiger partial charge in [-0.3, -0.25) is 0 Å². The van der Waals surface area contributed by atoms with Gasteiger partial charge in [0.15, 0.2) is 9.84 Å². The number of sulfone groups is 1. The first kappa shape index (κ1) is 14.9. The Hall–Kier alpha value is -1.01. The molecule has 5 nitrogen and oxygen atoms in total. The van der Waals surface area contributed by atoms with Crippen LogP contribution in [-0.4, -0.2) is 43.0 Å². The Morgan fingerprint density at radius 3 is 2.95 bits per heavy atom. The average molecular weight is 309 g/mol. The van der Waals surface area contributed by atoms with Crippen LogP contribution in [0.3, 0.4) is 0 Å². The molecule has 1 N–H and O–H groups in total. The molecule has 1 aromatic rings. The van der Waals surface area contributed by atoms with Crippen molar-refractivity contribution >= 4 is 9.84 Å². The Balaban J connectivity index is 1.72. The van der Waals surface area contributed by atoms with Crippen LogP contribution < -0.4 is 5.32 Å². The molecule has 21 heavy (non-hydrogen) atoms. The summed E-state index contributed by atoms with van der Waals surface area (Å²) < 4.78 is 23.2. The minimum absolute atomic E-state index is 0.000202. The van der Waals surface area contributed by atoms with E-state index in [0.29, 0.717) is 12.3 Å². The van der Waals surface area contributed by atoms with Crippen LogP contribution in [0.4, 0.5) is 0 Å². The lowest BCUT2D eigenvalue weighted by Crippen LogP contribution is -2.28. The van der Waals surface area contributed by atoms with Gasteiger partial charge in [-0.25, -0.2) is 18.4 Å². The van der Waals surface area contributed by atoms with Crippen molar-refractivity contribution in [3.05, 3.63) is 23.3 Å². The molecule has 3 rings (SSSR count). The zero-order valence-electron chi connectivity index (χ0n) is 12.5. The van der Waals surface area contributed by atoms with Gasteiger partial charge in [0.25, 0.3) is 0 Å². The molecular weight excluding hydrogens is 286 g/mol. The Morgan fingerprint density at radius 2 is 2.24 bits per heavy atom. The van der Waals surface area contributed by atoms with Gasteiger partial charge in [0.1, 0.15) is 5.82 Å². The molecule has 0 radical (unpaired) electrons. The first-order valence-corrected chi connectivity index (χ1v) is 9.65. The van der Waals surface area contributed by atoms with Crippen molar-refractivity contribution < 1.29 is 8.42 Å². The van der Waals surface area contributed by atoms with Gasteiger partial charge < -0.3 is 5.32 Å². The molecule has 1 fully saturated rings. The standard InChI is InChI=1S/C15H23N3O2S/c1-2-16-8-11-3-4-14-13(7-11)9-17-15(18-14)12-5-6-21(19,20)10-12/h9,11-12,16H,2-8,10H2,1H3. The van der Waals surface area contributed by atoms with Crippen LogP contribution in [-0.2, 0) is 22.7 Å². The van der Waals surface area contributed by atoms with E-state index in [0.717, 1.165) is 43.9 Å². The Kier molecular flexibility index (Phi) is 4.26. The smallest absolute Gasteiger partial charge is 0.151 e. The van der Waals surface area contributed by atoms with Crippen molar-refractivity contribution in [1.82, 2.24) is 15.3 Å². The zero-order valence-corrected chi connectivity index (χ0v) is 13.3. The third kappa shape index (κ3) is 3.43. The zero-order chi connectivity index (χ0) is 14.9. The van der Waals surface area contributed by atoms with Crippen LogP contribution in [0.1, 0.15) is 42.8 Å². The lowest BCUT2D eigenvalue weighted by atomic mass is 9.87. The van der Waals surface area contributed by atoms with Crippen molar-refractivity contribution in [2.45, 2.75) is 38.5 Å². The minimum Gasteiger partial charge on any atom is -0.317 e. The molecule has 0 saturated carbocycles. The molecule has 0 aromatic carbocycles. The fourth-order valence-electron chi connectivity index (χ4n) is 3.32. The highest BCUT2D eigenvalue weighted by Gasteiger charge is 2.31. The van der Waals surface area contributed by atoms with E-state index >= 15 is 0 Å². The molecule has 1 saturated heterocycles. The number of nitrogens with one attached hydrogen (secondary N) is 1. The molecule has 2 heterocycles. The second-order valence-corrected chi connectivity index (χ2v) is 8.45. The van der Waals surface area contributed by atoms with Crippen LogP contribution in [0.15, 0.2) is 6.20 Å². The highest BCUT2D eigenvalue weighted by atomic mass is 32.2. The maximum absolute atomic E-state index is 11.6. The Morgan fingerprint density at radius 1 is 1.38 bits per heavy atom. The predicted molar refractivity (Wildman–Crippen MR) is 82.1 cm³/mol. The van der Waals surface area contributed by atoms with Gasteiger partial charge in [-0.2, -0.15) is 0 Å². The van der Waals surface area contributed by atoms with E-state index in [9.17, 15) is 8.42 Å². The molecule has 2 aliphatic rings. The number of fused-ring (bicyclic) bond motifs is 1. The van der Waals surface area contributed by atoms with E-state index in [1.54, 1.807) is 0 Å². The SMILES string of the molecule is CCNCC1CCc2nc(C3CCS(=O)(=O)C3)ncc2C1. The van der Waals surface area contributed by atoms with E-state index in [-0.39, 0.29) is 17.4 Å². The molecule has 2 unspecified atom stereocenters. The van der Waals surface area contributed by atoms with Crippen molar-refractivity contribution in [3.8, 4) is 0 Å². The van der Waals surface area contributed by atoms with Gasteiger partial charge in [0.2, 0.25) is 0 Å². The third-order valence-corrected chi connectivity index (χ3v) is 6.32. The van der Waals surface area contributed by atoms with Crippen LogP contribution in [0.5, 0.6) is 0 Å². The molecule has 1 aliphatic heterocycles. The molecule has 2 atom stereocenters. The van der Waals surface area contributed by atoms with Crippen molar-refractivity contribution in [3.63, 3.8) is 0 Å². The summed E-state index contributed by atoms with van der Waals surface area (Å²) in [5.74, 6) is 1.90. The molecule has 0 amide bonds. The van der Waals surface area contributed by atoms with Crippen LogP contribution in [0.25, 0.3) is 0 Å². The van der Waals surface area contributed by atoms with E-state index < -0.39 is 9.84 Å². The Labute approximate surface area is 126 Å². The van der Waals surface area contributed by atoms with Crippen LogP contribution in [0, 0.1) is 5.92 Å². The fourth-order valence-corrected chi connectivity index (χ4v) is 5.06. The minimum atomic E-state index is -2.87. The number of aryl methyl sites for hydroxylation is 1. The molecule has 1 aliphatic carbocycles. The molecule has 0 bridgehead atoms. The predicted octanol–water partition coefficient (Wildman–Crippen LogP) is 1.09. The summed E-state index contributed by atoms with van der Waals surface area (Å²) in [6, 6.07) is 0. The van der Waals surface area contributed by atoms with Crippen molar-refractivity contribution in [2.24, 2.45) is 5.92 Å². The lowest BCUT2D eigenvalue weighted by Gasteiger charge is -2.24. The van der Waals surface area contributed by atoms with E-state index in [1.165, 1.54) is 5.56 Å². The monoisotopic (exact) mass is 309 g/mol. The van der Waals surface area contributed by atoms with Crippen LogP contribution in [0.2, 0.25) is 0 Å². The topological polar surface area (TPSA) is 72.0 Å². The maximum Gasteiger partial charge on any atom is 0.151 e. The van der Waals surface area contributed by atoms with Gasteiger partial charge in [0, 0.05) is 17.8 Å². The highest BCUT2D eigenvalue weighted by molar-refractivity contribution is 7.91. The number of aromatic nitrogens is 2. The quantitative estimate of drug-likeness (QED) is 0.901. The highest BCUT2D eigenvalue weighted by Crippen LogP contribution is 2.29. The summed E-state index contributed by atoms with van der Waals surface area (Å²) in [6.45, 7) is 4.19. The van der Waals surface area contributed by atoms with Crippen molar-refractivity contribution in [2.75, 3.05) is 24.6 Å². The number of rotatable bonds is 4. The van der Waals surface area contributed by atoms with Gasteiger partial charge in [-0.1, -0.05) is 6.92 Å². The lowest BCUT2D eigenvalue weighted by molar-refractivity contribution is 0.423. The van der Waals surface area contributed by atoms with E-state index in [2.05, 4.69) is 22.2 Å². The number of nitrogens with zero attached hydrogens (tertiary/aromatic N) is 2. The van der Waals surface area contributed by atoms with Gasteiger partial charge >= 0.3 is 0 Å². The molecular formula is C15H23N3O2S. The number of hydrogen-bond acceptors (Lipinski definition) is 5. The summed E-state index contributed by atoms with van der Waals surface area (Å²) >= 11 is 0. The average Bonchev–Trinajstić information content (AvgIpc) is 2.84. The molecule has 0 spiro atoms. The molecule has 1 aromatic heterocycles. The molecule has 116 valence electrons. The summed E-state index contributed by atoms with van der Waals surface area (Å²) in [4.78, 5) is 9.14. The van der Waals surface area contributed by atoms with Gasteiger partial charge in [-0.15, -0.1) is 0 Å². The summed E-state index contributed by atoms with van der Waals surface area (Å²) in [5.41, 5.74) is 2.38. The summed E-state index contributed by atoms with van der Waals surface area (Å²) in [7, 11) is -2.87. The number of hydrogen-bond donors (Lipinski definition) is 1. The largest absolute Gasteiger partial charge is 0.317 e. The van der Waals surface area contributed by atoms with E-state index in [1.807, 2.05) is 6.20 Å². The maximum atomic E-state index is 11.6. The van der Waals surface area contributed by atoms with Gasteiger partial charge in [-0.05, 0) is 50.3 Å². The Bertz CT molecular complexity index is 615. The second-order valence-electron chi connectivity index (χ2n) is 6.22. The fraction of sp³-hybridized carbons (Fsp3) is 0.733. The summed E-state index contributed by atoms with van der Waals surface area (Å²) in [6.07, 6.45) is 5.77. The normalized spacial score (nSPS) is 27.5. The molecule has 6 heteroatoms. The first-order chi connectivity index (χ1) is 10.1. The van der Waals surface area contributed by atoms with E-state index in [4.69, 9.17) is 0 Å². The first-order valence-electron chi connectivity index (χ1n) is 7.83. The summed E-state index contributed by atoms with van der Waals surface area (Å²) in [5, 5.41) is 3.41. The van der Waals surface area contributed by atoms with Gasteiger partial charge in [0.05, 0.1) is 11.5 Å². The third-order valence-electron chi connectivity index (χ3n) is 4.55. The van der Waals surface area contributed by atoms with Crippen molar-refractivity contribution in [1.29, 1.82) is 0 Å². The second kappa shape index (κ2) is 6.01. The van der Waals surface area contributed by atoms with Crippen LogP contribution >= 0.6 is 0 Å².